The zero-order valence-corrected chi connectivity index (χ0v) is 14.3. The molecule has 0 atom stereocenters. The number of hydrogen-bond donors (Lipinski definition) is 1. The number of aromatic nitrogens is 1. The molecular weight excluding hydrogens is 356 g/mol. The van der Waals surface area contributed by atoms with Crippen LogP contribution in [-0.2, 0) is 4.74 Å². The minimum Gasteiger partial charge on any atom is -0.495 e. The standard InChI is InChI=1S/C14H15BrN2O3S/c1-4-20-13(18)12-8(2)21-14(17-12)16-10-7-9(15)5-6-11(10)19-3/h5-7H,4H2,1-3H3,(H,16,17). The average Bonchev–Trinajstić information content (AvgIpc) is 2.80. The summed E-state index contributed by atoms with van der Waals surface area (Å²) in [7, 11) is 1.60. The van der Waals surface area contributed by atoms with Crippen LogP contribution in [0.1, 0.15) is 22.3 Å². The number of ether oxygens (including phenoxy) is 2. The Morgan fingerprint density at radius 2 is 2.24 bits per heavy atom. The van der Waals surface area contributed by atoms with Crippen LogP contribution >= 0.6 is 27.3 Å². The van der Waals surface area contributed by atoms with Crippen molar-refractivity contribution in [3.8, 4) is 5.75 Å². The second-order valence-electron chi connectivity index (χ2n) is 4.11. The fourth-order valence-electron chi connectivity index (χ4n) is 1.73. The first-order valence-electron chi connectivity index (χ1n) is 6.30. The lowest BCUT2D eigenvalue weighted by molar-refractivity contribution is 0.0519. The number of anilines is 2. The highest BCUT2D eigenvalue weighted by Crippen LogP contribution is 2.33. The van der Waals surface area contributed by atoms with Crippen molar-refractivity contribution in [2.45, 2.75) is 13.8 Å². The van der Waals surface area contributed by atoms with Gasteiger partial charge in [-0.3, -0.25) is 0 Å². The van der Waals surface area contributed by atoms with E-state index in [1.165, 1.54) is 11.3 Å². The van der Waals surface area contributed by atoms with Crippen molar-refractivity contribution in [1.82, 2.24) is 4.98 Å². The number of carbonyl (C=O) groups is 1. The lowest BCUT2D eigenvalue weighted by Gasteiger charge is -2.09. The fourth-order valence-corrected chi connectivity index (χ4v) is 2.91. The number of rotatable bonds is 5. The third-order valence-electron chi connectivity index (χ3n) is 2.67. The summed E-state index contributed by atoms with van der Waals surface area (Å²) in [5, 5.41) is 3.78. The third kappa shape index (κ3) is 3.74. The van der Waals surface area contributed by atoms with E-state index < -0.39 is 5.97 Å². The summed E-state index contributed by atoms with van der Waals surface area (Å²) in [6.07, 6.45) is 0. The highest BCUT2D eigenvalue weighted by molar-refractivity contribution is 9.10. The van der Waals surface area contributed by atoms with Gasteiger partial charge in [0.1, 0.15) is 5.75 Å². The van der Waals surface area contributed by atoms with Gasteiger partial charge in [-0.05, 0) is 32.0 Å². The Morgan fingerprint density at radius 1 is 1.48 bits per heavy atom. The molecule has 1 heterocycles. The van der Waals surface area contributed by atoms with Crippen LogP contribution in [0, 0.1) is 6.92 Å². The predicted molar refractivity (Wildman–Crippen MR) is 86.8 cm³/mol. The molecule has 0 aliphatic rings. The lowest BCUT2D eigenvalue weighted by atomic mass is 10.3. The van der Waals surface area contributed by atoms with Crippen LogP contribution < -0.4 is 10.1 Å². The maximum Gasteiger partial charge on any atom is 0.358 e. The molecule has 2 aromatic rings. The topological polar surface area (TPSA) is 60.5 Å². The number of nitrogens with zero attached hydrogens (tertiary/aromatic N) is 1. The molecule has 0 aliphatic heterocycles. The zero-order chi connectivity index (χ0) is 15.4. The molecule has 5 nitrogen and oxygen atoms in total. The minimum absolute atomic E-state index is 0.331. The van der Waals surface area contributed by atoms with Crippen molar-refractivity contribution < 1.29 is 14.3 Å². The van der Waals surface area contributed by atoms with Crippen molar-refractivity contribution in [2.75, 3.05) is 19.0 Å². The predicted octanol–water partition coefficient (Wildman–Crippen LogP) is 4.14. The molecule has 0 saturated carbocycles. The van der Waals surface area contributed by atoms with Crippen LogP contribution in [0.5, 0.6) is 5.75 Å². The van der Waals surface area contributed by atoms with Crippen molar-refractivity contribution in [3.05, 3.63) is 33.2 Å². The van der Waals surface area contributed by atoms with Gasteiger partial charge in [-0.1, -0.05) is 15.9 Å². The molecule has 7 heteroatoms. The Morgan fingerprint density at radius 3 is 2.90 bits per heavy atom. The van der Waals surface area contributed by atoms with Crippen molar-refractivity contribution in [1.29, 1.82) is 0 Å². The number of nitrogens with one attached hydrogen (secondary N) is 1. The van der Waals surface area contributed by atoms with E-state index in [4.69, 9.17) is 9.47 Å². The van der Waals surface area contributed by atoms with Gasteiger partial charge in [0.05, 0.1) is 19.4 Å². The molecule has 1 N–H and O–H groups in total. The van der Waals surface area contributed by atoms with Gasteiger partial charge in [0, 0.05) is 9.35 Å². The maximum absolute atomic E-state index is 11.8. The first kappa shape index (κ1) is 15.8. The summed E-state index contributed by atoms with van der Waals surface area (Å²) in [4.78, 5) is 16.9. The molecule has 0 aliphatic carbocycles. The number of thiazole rings is 1. The monoisotopic (exact) mass is 370 g/mol. The van der Waals surface area contributed by atoms with Crippen molar-refractivity contribution in [3.63, 3.8) is 0 Å². The molecule has 0 spiro atoms. The highest BCUT2D eigenvalue weighted by Gasteiger charge is 2.17. The zero-order valence-electron chi connectivity index (χ0n) is 11.9. The van der Waals surface area contributed by atoms with Gasteiger partial charge in [-0.25, -0.2) is 9.78 Å². The molecule has 0 radical (unpaired) electrons. The molecule has 0 unspecified atom stereocenters. The molecule has 0 bridgehead atoms. The van der Waals surface area contributed by atoms with E-state index in [1.54, 1.807) is 14.0 Å². The number of halogens is 1. The molecule has 21 heavy (non-hydrogen) atoms. The van der Waals surface area contributed by atoms with Crippen molar-refractivity contribution >= 4 is 44.1 Å². The van der Waals surface area contributed by atoms with Gasteiger partial charge in [-0.15, -0.1) is 11.3 Å². The first-order chi connectivity index (χ1) is 10.0. The lowest BCUT2D eigenvalue weighted by Crippen LogP contribution is -2.06. The van der Waals surface area contributed by atoms with Crippen LogP contribution in [0.3, 0.4) is 0 Å². The van der Waals surface area contributed by atoms with E-state index in [-0.39, 0.29) is 0 Å². The van der Waals surface area contributed by atoms with Crippen LogP contribution in [-0.4, -0.2) is 24.7 Å². The van der Waals surface area contributed by atoms with Crippen molar-refractivity contribution in [2.24, 2.45) is 0 Å². The Kier molecular flexibility index (Phi) is 5.19. The van der Waals surface area contributed by atoms with Gasteiger partial charge in [-0.2, -0.15) is 0 Å². The smallest absolute Gasteiger partial charge is 0.358 e. The second-order valence-corrected chi connectivity index (χ2v) is 6.23. The number of esters is 1. The molecule has 2 rings (SSSR count). The van der Waals surface area contributed by atoms with Gasteiger partial charge < -0.3 is 14.8 Å². The quantitative estimate of drug-likeness (QED) is 0.801. The van der Waals surface area contributed by atoms with Crippen LogP contribution in [0.4, 0.5) is 10.8 Å². The van der Waals surface area contributed by atoms with Gasteiger partial charge in [0.15, 0.2) is 10.8 Å². The Bertz CT molecular complexity index is 658. The minimum atomic E-state index is -0.402. The van der Waals surface area contributed by atoms with Gasteiger partial charge in [0.2, 0.25) is 0 Å². The highest BCUT2D eigenvalue weighted by atomic mass is 79.9. The van der Waals surface area contributed by atoms with Crippen LogP contribution in [0.15, 0.2) is 22.7 Å². The molecule has 1 aromatic carbocycles. The molecule has 0 saturated heterocycles. The molecule has 0 amide bonds. The summed E-state index contributed by atoms with van der Waals surface area (Å²) >= 11 is 4.81. The SMILES string of the molecule is CCOC(=O)c1nc(Nc2cc(Br)ccc2OC)sc1C. The number of methoxy groups -OCH3 is 1. The van der Waals surface area contributed by atoms with E-state index in [1.807, 2.05) is 25.1 Å². The van der Waals surface area contributed by atoms with E-state index in [0.717, 1.165) is 15.0 Å². The summed E-state index contributed by atoms with van der Waals surface area (Å²) in [6.45, 7) is 3.94. The summed E-state index contributed by atoms with van der Waals surface area (Å²) in [5.41, 5.74) is 1.12. The van der Waals surface area contributed by atoms with E-state index >= 15 is 0 Å². The average molecular weight is 371 g/mol. The normalized spacial score (nSPS) is 10.3. The molecular formula is C14H15BrN2O3S. The Labute approximate surface area is 135 Å². The number of benzene rings is 1. The Hall–Kier alpha value is -1.60. The number of hydrogen-bond acceptors (Lipinski definition) is 6. The molecule has 112 valence electrons. The number of aryl methyl sites for hydroxylation is 1. The first-order valence-corrected chi connectivity index (χ1v) is 7.91. The van der Waals surface area contributed by atoms with Crippen LogP contribution in [0.2, 0.25) is 0 Å². The Balaban J connectivity index is 2.26. The fraction of sp³-hybridized carbons (Fsp3) is 0.286. The molecule has 1 aromatic heterocycles. The summed E-state index contributed by atoms with van der Waals surface area (Å²) in [6, 6.07) is 5.62. The second kappa shape index (κ2) is 6.91. The van der Waals surface area contributed by atoms with Crippen LogP contribution in [0.25, 0.3) is 0 Å². The maximum atomic E-state index is 11.8. The number of carbonyl (C=O) groups excluding carboxylic acids is 1. The van der Waals surface area contributed by atoms with Gasteiger partial charge >= 0.3 is 5.97 Å². The van der Waals surface area contributed by atoms with E-state index in [0.29, 0.717) is 23.2 Å². The summed E-state index contributed by atoms with van der Waals surface area (Å²) in [5.74, 6) is 0.296. The van der Waals surface area contributed by atoms with E-state index in [2.05, 4.69) is 26.2 Å². The van der Waals surface area contributed by atoms with Gasteiger partial charge in [0.25, 0.3) is 0 Å². The third-order valence-corrected chi connectivity index (χ3v) is 4.05. The largest absolute Gasteiger partial charge is 0.495 e. The van der Waals surface area contributed by atoms with E-state index in [9.17, 15) is 4.79 Å². The molecule has 0 fully saturated rings. The summed E-state index contributed by atoms with van der Waals surface area (Å²) < 4.78 is 11.2.